The fourth-order valence-electron chi connectivity index (χ4n) is 2.53. The van der Waals surface area contributed by atoms with E-state index < -0.39 is 37.7 Å². The van der Waals surface area contributed by atoms with E-state index in [1.165, 1.54) is 0 Å². The zero-order chi connectivity index (χ0) is 18.6. The van der Waals surface area contributed by atoms with Gasteiger partial charge in [-0.05, 0) is 0 Å². The summed E-state index contributed by atoms with van der Waals surface area (Å²) in [5.74, 6) is -3.88. The molecule has 25 heavy (non-hydrogen) atoms. The van der Waals surface area contributed by atoms with Crippen LogP contribution in [0.3, 0.4) is 0 Å². The molecule has 0 radical (unpaired) electrons. The molecule has 0 spiro atoms. The largest absolute Gasteiger partial charge is 0.472 e. The highest BCUT2D eigenvalue weighted by Crippen LogP contribution is 2.51. The van der Waals surface area contributed by atoms with Crippen LogP contribution in [0.15, 0.2) is 11.1 Å². The number of aliphatic hydroxyl groups is 1. The third kappa shape index (κ3) is 3.06. The van der Waals surface area contributed by atoms with E-state index in [0.29, 0.717) is 0 Å². The second-order valence-corrected chi connectivity index (χ2v) is 6.73. The number of ether oxygens (including phenoxy) is 1. The number of nitrogens with one attached hydrogen (secondary N) is 1. The Bertz CT molecular complexity index is 917. The average Bonchev–Trinajstić information content (AvgIpc) is 2.98. The van der Waals surface area contributed by atoms with Crippen molar-refractivity contribution in [3.05, 3.63) is 16.7 Å². The number of phosphoric acid groups is 1. The van der Waals surface area contributed by atoms with Gasteiger partial charge in [-0.3, -0.25) is 14.3 Å². The molecule has 12 nitrogen and oxygen atoms in total. The molecule has 3 heterocycles. The number of H-pyrrole nitrogens is 1. The van der Waals surface area contributed by atoms with Gasteiger partial charge >= 0.3 is 7.82 Å². The third-order valence-corrected chi connectivity index (χ3v) is 4.41. The molecule has 2 aromatic rings. The number of imidazole rings is 1. The fraction of sp³-hybridized carbons (Fsp3) is 0.500. The number of alkyl halides is 1. The lowest BCUT2D eigenvalue weighted by molar-refractivity contribution is -0.158. The van der Waals surface area contributed by atoms with E-state index in [9.17, 15) is 18.9 Å². The number of aliphatic hydroxyl groups excluding tert-OH is 1. The normalized spacial score (nSPS) is 30.2. The van der Waals surface area contributed by atoms with Crippen LogP contribution in [0.2, 0.25) is 0 Å². The summed E-state index contributed by atoms with van der Waals surface area (Å²) >= 11 is 3.84. The van der Waals surface area contributed by atoms with E-state index in [1.807, 2.05) is 0 Å². The topological polar surface area (TPSA) is 186 Å². The first-order chi connectivity index (χ1) is 11.6. The molecule has 4 atom stereocenters. The number of nitrogen functional groups attached to an aromatic ring is 1. The number of phosphoric ester groups is 1. The predicted octanol–water partition coefficient (Wildman–Crippen LogP) is -1.34. The molecular formula is C10H13FN5O7PS. The van der Waals surface area contributed by atoms with E-state index in [1.54, 1.807) is 0 Å². The Morgan fingerprint density at radius 1 is 1.60 bits per heavy atom. The zero-order valence-electron chi connectivity index (χ0n) is 12.2. The molecule has 3 rings (SSSR count). The standard InChI is InChI=1S/C10H13FN5O7PS/c11-10(23-24(19,20)21)3(1-25)22-8(5(10)17)16-2-13-4-6(16)14-9(12)15-7(4)18/h2-3,5,8,17,25H,1H2,(H2,19,20,21)(H3,12,14,15,18)/t3-,5+,8-,10-/m1/s1. The molecule has 1 fully saturated rings. The Morgan fingerprint density at radius 3 is 2.88 bits per heavy atom. The molecule has 0 bridgehead atoms. The maximum atomic E-state index is 15.0. The predicted molar refractivity (Wildman–Crippen MR) is 83.3 cm³/mol. The highest BCUT2D eigenvalue weighted by Gasteiger charge is 2.61. The molecule has 0 unspecified atom stereocenters. The van der Waals surface area contributed by atoms with Gasteiger partial charge < -0.3 is 25.4 Å². The number of thiol groups is 1. The summed E-state index contributed by atoms with van der Waals surface area (Å²) in [6.45, 7) is 0. The molecule has 0 aromatic carbocycles. The quantitative estimate of drug-likeness (QED) is 0.266. The lowest BCUT2D eigenvalue weighted by Gasteiger charge is -2.27. The zero-order valence-corrected chi connectivity index (χ0v) is 14.0. The van der Waals surface area contributed by atoms with Gasteiger partial charge in [0.15, 0.2) is 23.5 Å². The summed E-state index contributed by atoms with van der Waals surface area (Å²) in [5.41, 5.74) is 4.51. The number of fused-ring (bicyclic) bond motifs is 1. The number of hydrogen-bond donors (Lipinski definition) is 6. The Balaban J connectivity index is 2.07. The van der Waals surface area contributed by atoms with Gasteiger partial charge in [-0.15, -0.1) is 0 Å². The van der Waals surface area contributed by atoms with Gasteiger partial charge in [0.05, 0.1) is 6.33 Å². The summed E-state index contributed by atoms with van der Waals surface area (Å²) in [6, 6.07) is 0. The van der Waals surface area contributed by atoms with Crippen molar-refractivity contribution in [1.29, 1.82) is 0 Å². The van der Waals surface area contributed by atoms with Gasteiger partial charge in [-0.25, -0.2) is 18.5 Å². The van der Waals surface area contributed by atoms with Gasteiger partial charge in [0.1, 0.15) is 6.10 Å². The summed E-state index contributed by atoms with van der Waals surface area (Å²) in [4.78, 5) is 39.4. The molecule has 1 aliphatic rings. The maximum Gasteiger partial charge on any atom is 0.472 e. The first-order valence-electron chi connectivity index (χ1n) is 6.68. The second-order valence-electron chi connectivity index (χ2n) is 5.20. The van der Waals surface area contributed by atoms with Crippen LogP contribution in [0.25, 0.3) is 11.2 Å². The molecule has 0 amide bonds. The molecule has 1 saturated heterocycles. The monoisotopic (exact) mass is 397 g/mol. The van der Waals surface area contributed by atoms with E-state index in [4.69, 9.17) is 20.3 Å². The lowest BCUT2D eigenvalue weighted by atomic mass is 10.1. The van der Waals surface area contributed by atoms with Crippen molar-refractivity contribution >= 4 is 37.6 Å². The molecule has 15 heteroatoms. The van der Waals surface area contributed by atoms with E-state index in [0.717, 1.165) is 10.9 Å². The number of nitrogens with two attached hydrogens (primary N) is 1. The van der Waals surface area contributed by atoms with Crippen molar-refractivity contribution in [2.24, 2.45) is 0 Å². The molecular weight excluding hydrogens is 384 g/mol. The number of anilines is 1. The molecule has 6 N–H and O–H groups in total. The van der Waals surface area contributed by atoms with Crippen molar-refractivity contribution in [2.45, 2.75) is 24.3 Å². The van der Waals surface area contributed by atoms with Gasteiger partial charge in [-0.2, -0.15) is 17.6 Å². The van der Waals surface area contributed by atoms with Crippen LogP contribution in [0, 0.1) is 0 Å². The van der Waals surface area contributed by atoms with Crippen LogP contribution in [-0.4, -0.2) is 58.2 Å². The summed E-state index contributed by atoms with van der Waals surface area (Å²) in [6.07, 6.45) is -4.32. The van der Waals surface area contributed by atoms with Gasteiger partial charge in [-0.1, -0.05) is 0 Å². The van der Waals surface area contributed by atoms with E-state index in [-0.39, 0.29) is 22.9 Å². The Hall–Kier alpha value is -1.54. The average molecular weight is 397 g/mol. The van der Waals surface area contributed by atoms with E-state index in [2.05, 4.69) is 32.1 Å². The smallest absolute Gasteiger partial charge is 0.382 e. The van der Waals surface area contributed by atoms with Crippen LogP contribution in [0.1, 0.15) is 6.23 Å². The number of hydrogen-bond acceptors (Lipinski definition) is 9. The van der Waals surface area contributed by atoms with Crippen molar-refractivity contribution < 1.29 is 33.1 Å². The highest BCUT2D eigenvalue weighted by atomic mass is 32.1. The van der Waals surface area contributed by atoms with Crippen molar-refractivity contribution in [3.8, 4) is 0 Å². The molecule has 0 aliphatic carbocycles. The SMILES string of the molecule is Nc1nc2c(ncn2[C@@H]2O[C@H](CS)[C@@](F)(OP(=O)(O)O)[C@H]2O)c(=O)[nH]1. The first kappa shape index (κ1) is 18.3. The van der Waals surface area contributed by atoms with Crippen LogP contribution in [-0.2, 0) is 13.8 Å². The number of halogens is 1. The molecule has 2 aromatic heterocycles. The highest BCUT2D eigenvalue weighted by molar-refractivity contribution is 7.80. The van der Waals surface area contributed by atoms with Crippen molar-refractivity contribution in [3.63, 3.8) is 0 Å². The number of aromatic amines is 1. The maximum absolute atomic E-state index is 15.0. The van der Waals surface area contributed by atoms with E-state index >= 15 is 0 Å². The molecule has 1 aliphatic heterocycles. The lowest BCUT2D eigenvalue weighted by Crippen LogP contribution is -2.46. The second kappa shape index (κ2) is 6.02. The fourth-order valence-corrected chi connectivity index (χ4v) is 3.46. The van der Waals surface area contributed by atoms with Crippen molar-refractivity contribution in [1.82, 2.24) is 19.5 Å². The Labute approximate surface area is 143 Å². The van der Waals surface area contributed by atoms with Crippen LogP contribution < -0.4 is 11.3 Å². The summed E-state index contributed by atoms with van der Waals surface area (Å²) < 4.78 is 36.4. The van der Waals surface area contributed by atoms with Gasteiger partial charge in [0.2, 0.25) is 5.95 Å². The number of rotatable bonds is 4. The van der Waals surface area contributed by atoms with Crippen LogP contribution in [0.4, 0.5) is 10.3 Å². The minimum absolute atomic E-state index is 0.122. The Morgan fingerprint density at radius 2 is 2.28 bits per heavy atom. The van der Waals surface area contributed by atoms with Crippen LogP contribution >= 0.6 is 20.5 Å². The third-order valence-electron chi connectivity index (χ3n) is 3.57. The number of nitrogens with zero attached hydrogens (tertiary/aromatic N) is 3. The van der Waals surface area contributed by atoms with Gasteiger partial charge in [0, 0.05) is 5.75 Å². The van der Waals surface area contributed by atoms with Crippen LogP contribution in [0.5, 0.6) is 0 Å². The van der Waals surface area contributed by atoms with Crippen molar-refractivity contribution in [2.75, 3.05) is 11.5 Å². The summed E-state index contributed by atoms with van der Waals surface area (Å²) in [5, 5.41) is 10.2. The number of aromatic nitrogens is 4. The summed E-state index contributed by atoms with van der Waals surface area (Å²) in [7, 11) is -5.30. The Kier molecular flexibility index (Phi) is 4.39. The molecule has 0 saturated carbocycles. The first-order valence-corrected chi connectivity index (χ1v) is 8.85. The van der Waals surface area contributed by atoms with Gasteiger partial charge in [0.25, 0.3) is 11.4 Å². The minimum atomic E-state index is -5.30. The molecule has 138 valence electrons. The minimum Gasteiger partial charge on any atom is -0.382 e.